The monoisotopic (exact) mass is 234 g/mol. The van der Waals surface area contributed by atoms with E-state index in [-0.39, 0.29) is 5.91 Å². The lowest BCUT2D eigenvalue weighted by molar-refractivity contribution is -0.118. The summed E-state index contributed by atoms with van der Waals surface area (Å²) in [5, 5.41) is 3.40. The first-order chi connectivity index (χ1) is 7.99. The predicted octanol–water partition coefficient (Wildman–Crippen LogP) is 2.22. The maximum atomic E-state index is 10.6. The smallest absolute Gasteiger partial charge is 0.217 e. The number of primary amides is 1. The molecule has 0 fully saturated rings. The Labute approximate surface area is 103 Å². The Balaban J connectivity index is 2.46. The summed E-state index contributed by atoms with van der Waals surface area (Å²) in [6.45, 7) is 7.17. The van der Waals surface area contributed by atoms with Gasteiger partial charge in [-0.3, -0.25) is 4.79 Å². The number of nitrogens with two attached hydrogens (primary N) is 1. The molecule has 0 saturated heterocycles. The van der Waals surface area contributed by atoms with Crippen LogP contribution in [0.3, 0.4) is 0 Å². The van der Waals surface area contributed by atoms with Crippen molar-refractivity contribution < 1.29 is 4.79 Å². The van der Waals surface area contributed by atoms with Gasteiger partial charge in [-0.05, 0) is 39.3 Å². The number of nitrogens with one attached hydrogen (secondary N) is 1. The Bertz CT molecular complexity index is 368. The molecular weight excluding hydrogens is 212 g/mol. The van der Waals surface area contributed by atoms with E-state index in [0.717, 1.165) is 13.0 Å². The van der Waals surface area contributed by atoms with Crippen molar-refractivity contribution in [1.82, 2.24) is 5.32 Å². The number of amides is 1. The molecule has 0 aromatic heterocycles. The first kappa shape index (κ1) is 13.7. The number of rotatable bonds is 6. The second kappa shape index (κ2) is 6.40. The minimum absolute atomic E-state index is 0.231. The molecular formula is C14H22N2O. The molecule has 1 amide bonds. The normalized spacial score (nSPS) is 12.4. The van der Waals surface area contributed by atoms with Crippen LogP contribution in [0.4, 0.5) is 0 Å². The van der Waals surface area contributed by atoms with E-state index in [1.54, 1.807) is 0 Å². The number of hydrogen-bond acceptors (Lipinski definition) is 2. The third-order valence-corrected chi connectivity index (χ3v) is 2.79. The molecule has 1 aromatic carbocycles. The highest BCUT2D eigenvalue weighted by Gasteiger charge is 2.05. The number of aryl methyl sites for hydroxylation is 2. The second-order valence-corrected chi connectivity index (χ2v) is 4.67. The van der Waals surface area contributed by atoms with Gasteiger partial charge in [0.2, 0.25) is 5.91 Å². The van der Waals surface area contributed by atoms with Crippen molar-refractivity contribution in [2.24, 2.45) is 5.73 Å². The second-order valence-electron chi connectivity index (χ2n) is 4.67. The van der Waals surface area contributed by atoms with E-state index in [1.807, 2.05) is 0 Å². The lowest BCUT2D eigenvalue weighted by Gasteiger charge is -2.15. The van der Waals surface area contributed by atoms with Gasteiger partial charge in [-0.25, -0.2) is 0 Å². The van der Waals surface area contributed by atoms with Crippen LogP contribution in [0.5, 0.6) is 0 Å². The fourth-order valence-electron chi connectivity index (χ4n) is 1.96. The molecule has 94 valence electrons. The molecule has 1 rings (SSSR count). The summed E-state index contributed by atoms with van der Waals surface area (Å²) < 4.78 is 0. The highest BCUT2D eigenvalue weighted by Crippen LogP contribution is 2.16. The van der Waals surface area contributed by atoms with Crippen molar-refractivity contribution in [1.29, 1.82) is 0 Å². The lowest BCUT2D eigenvalue weighted by Crippen LogP contribution is -2.21. The zero-order valence-electron chi connectivity index (χ0n) is 10.9. The van der Waals surface area contributed by atoms with Crippen molar-refractivity contribution in [3.05, 3.63) is 34.9 Å². The van der Waals surface area contributed by atoms with Gasteiger partial charge in [0, 0.05) is 12.5 Å². The summed E-state index contributed by atoms with van der Waals surface area (Å²) in [6, 6.07) is 6.86. The van der Waals surface area contributed by atoms with Crippen LogP contribution in [0, 0.1) is 13.8 Å². The Kier molecular flexibility index (Phi) is 5.16. The number of benzene rings is 1. The fraction of sp³-hybridized carbons (Fsp3) is 0.500. The van der Waals surface area contributed by atoms with Crippen LogP contribution in [0.1, 0.15) is 42.5 Å². The van der Waals surface area contributed by atoms with Gasteiger partial charge >= 0.3 is 0 Å². The molecule has 0 saturated carbocycles. The average molecular weight is 234 g/mol. The first-order valence-corrected chi connectivity index (χ1v) is 6.09. The molecule has 0 radical (unpaired) electrons. The number of carbonyl (C=O) groups excluding carboxylic acids is 1. The SMILES string of the molecule is Cc1cc(C)cc(C(C)NCCCC(N)=O)c1. The zero-order valence-corrected chi connectivity index (χ0v) is 10.9. The van der Waals surface area contributed by atoms with Crippen molar-refractivity contribution >= 4 is 5.91 Å². The summed E-state index contributed by atoms with van der Waals surface area (Å²) in [5.41, 5.74) is 8.95. The highest BCUT2D eigenvalue weighted by atomic mass is 16.1. The Morgan fingerprint density at radius 1 is 1.29 bits per heavy atom. The van der Waals surface area contributed by atoms with E-state index in [0.29, 0.717) is 12.5 Å². The third-order valence-electron chi connectivity index (χ3n) is 2.79. The molecule has 17 heavy (non-hydrogen) atoms. The number of carbonyl (C=O) groups is 1. The predicted molar refractivity (Wildman–Crippen MR) is 70.8 cm³/mol. The van der Waals surface area contributed by atoms with Gasteiger partial charge in [-0.15, -0.1) is 0 Å². The summed E-state index contributed by atoms with van der Waals surface area (Å²) >= 11 is 0. The Hall–Kier alpha value is -1.35. The van der Waals surface area contributed by atoms with Crippen LogP contribution < -0.4 is 11.1 Å². The summed E-state index contributed by atoms with van der Waals surface area (Å²) in [5.74, 6) is -0.231. The van der Waals surface area contributed by atoms with Gasteiger partial charge in [0.15, 0.2) is 0 Å². The molecule has 0 aliphatic rings. The van der Waals surface area contributed by atoms with E-state index >= 15 is 0 Å². The maximum absolute atomic E-state index is 10.6. The maximum Gasteiger partial charge on any atom is 0.217 e. The van der Waals surface area contributed by atoms with Crippen LogP contribution in [0.2, 0.25) is 0 Å². The Morgan fingerprint density at radius 3 is 2.41 bits per heavy atom. The molecule has 0 spiro atoms. The molecule has 1 unspecified atom stereocenters. The molecule has 0 bridgehead atoms. The molecule has 3 nitrogen and oxygen atoms in total. The summed E-state index contributed by atoms with van der Waals surface area (Å²) in [6.07, 6.45) is 1.25. The third kappa shape index (κ3) is 5.00. The van der Waals surface area contributed by atoms with E-state index in [9.17, 15) is 4.79 Å². The molecule has 0 aliphatic carbocycles. The topological polar surface area (TPSA) is 55.1 Å². The van der Waals surface area contributed by atoms with Crippen LogP contribution in [0.15, 0.2) is 18.2 Å². The van der Waals surface area contributed by atoms with Crippen LogP contribution in [-0.4, -0.2) is 12.5 Å². The van der Waals surface area contributed by atoms with Crippen molar-refractivity contribution in [3.8, 4) is 0 Å². The quantitative estimate of drug-likeness (QED) is 0.741. The zero-order chi connectivity index (χ0) is 12.8. The van der Waals surface area contributed by atoms with E-state index in [2.05, 4.69) is 44.3 Å². The molecule has 3 heteroatoms. The Morgan fingerprint density at radius 2 is 1.88 bits per heavy atom. The molecule has 3 N–H and O–H groups in total. The van der Waals surface area contributed by atoms with Gasteiger partial charge < -0.3 is 11.1 Å². The van der Waals surface area contributed by atoms with Crippen LogP contribution in [0.25, 0.3) is 0 Å². The molecule has 1 atom stereocenters. The largest absolute Gasteiger partial charge is 0.370 e. The average Bonchev–Trinajstić information content (AvgIpc) is 2.22. The lowest BCUT2D eigenvalue weighted by atomic mass is 10.0. The molecule has 0 heterocycles. The fourth-order valence-corrected chi connectivity index (χ4v) is 1.96. The summed E-state index contributed by atoms with van der Waals surface area (Å²) in [7, 11) is 0. The van der Waals surface area contributed by atoms with Gasteiger partial charge in [0.25, 0.3) is 0 Å². The van der Waals surface area contributed by atoms with Gasteiger partial charge in [-0.1, -0.05) is 29.3 Å². The van der Waals surface area contributed by atoms with Gasteiger partial charge in [0.05, 0.1) is 0 Å². The molecule has 0 aliphatic heterocycles. The van der Waals surface area contributed by atoms with Crippen LogP contribution in [-0.2, 0) is 4.79 Å². The van der Waals surface area contributed by atoms with Crippen molar-refractivity contribution in [2.75, 3.05) is 6.54 Å². The minimum Gasteiger partial charge on any atom is -0.370 e. The first-order valence-electron chi connectivity index (χ1n) is 6.09. The van der Waals surface area contributed by atoms with E-state index < -0.39 is 0 Å². The minimum atomic E-state index is -0.231. The highest BCUT2D eigenvalue weighted by molar-refractivity contribution is 5.73. The van der Waals surface area contributed by atoms with E-state index in [1.165, 1.54) is 16.7 Å². The van der Waals surface area contributed by atoms with Gasteiger partial charge in [0.1, 0.15) is 0 Å². The standard InChI is InChI=1S/C14H22N2O/c1-10-7-11(2)9-13(8-10)12(3)16-6-4-5-14(15)17/h7-9,12,16H,4-6H2,1-3H3,(H2,15,17). The summed E-state index contributed by atoms with van der Waals surface area (Å²) in [4.78, 5) is 10.6. The van der Waals surface area contributed by atoms with Gasteiger partial charge in [-0.2, -0.15) is 0 Å². The van der Waals surface area contributed by atoms with Crippen molar-refractivity contribution in [3.63, 3.8) is 0 Å². The van der Waals surface area contributed by atoms with Crippen LogP contribution >= 0.6 is 0 Å². The number of hydrogen-bond donors (Lipinski definition) is 2. The van der Waals surface area contributed by atoms with Crippen molar-refractivity contribution in [2.45, 2.75) is 39.7 Å². The van der Waals surface area contributed by atoms with E-state index in [4.69, 9.17) is 5.73 Å². The molecule has 1 aromatic rings.